The second kappa shape index (κ2) is 5.20. The van der Waals surface area contributed by atoms with Crippen LogP contribution in [-0.4, -0.2) is 48.3 Å². The lowest BCUT2D eigenvalue weighted by Crippen LogP contribution is -2.35. The molecule has 1 fully saturated rings. The van der Waals surface area contributed by atoms with E-state index in [4.69, 9.17) is 10.8 Å². The van der Waals surface area contributed by atoms with Gasteiger partial charge in [0.15, 0.2) is 0 Å². The first-order valence-electron chi connectivity index (χ1n) is 4.82. The highest BCUT2D eigenvalue weighted by atomic mass is 32.2. The molecule has 1 atom stereocenters. The van der Waals surface area contributed by atoms with Crippen LogP contribution in [-0.2, 0) is 10.0 Å². The van der Waals surface area contributed by atoms with Crippen molar-refractivity contribution in [3.05, 3.63) is 0 Å². The lowest BCUT2D eigenvalue weighted by Gasteiger charge is -2.15. The summed E-state index contributed by atoms with van der Waals surface area (Å²) < 4.78 is 24.8. The third kappa shape index (κ3) is 3.67. The molecule has 0 spiro atoms. The van der Waals surface area contributed by atoms with E-state index in [2.05, 4.69) is 12.2 Å². The number of sulfonamides is 1. The molecule has 1 aliphatic heterocycles. The van der Waals surface area contributed by atoms with Crippen LogP contribution in [0.25, 0.3) is 0 Å². The zero-order valence-corrected chi connectivity index (χ0v) is 10.1. The van der Waals surface area contributed by atoms with Gasteiger partial charge in [-0.2, -0.15) is 0 Å². The van der Waals surface area contributed by atoms with Crippen LogP contribution in [0.4, 0.5) is 0 Å². The van der Waals surface area contributed by atoms with Gasteiger partial charge in [-0.25, -0.2) is 12.7 Å². The van der Waals surface area contributed by atoms with Crippen LogP contribution in [0.2, 0.25) is 0 Å². The number of rotatable bonds is 5. The molecule has 7 heteroatoms. The number of nitrogens with zero attached hydrogens (tertiary/aromatic N) is 1. The van der Waals surface area contributed by atoms with Gasteiger partial charge in [-0.3, -0.25) is 0 Å². The van der Waals surface area contributed by atoms with Crippen molar-refractivity contribution in [1.82, 2.24) is 4.31 Å². The fourth-order valence-corrected chi connectivity index (χ4v) is 3.55. The summed E-state index contributed by atoms with van der Waals surface area (Å²) in [5, 5.41) is 8.75. The summed E-state index contributed by atoms with van der Waals surface area (Å²) in [5.41, 5.74) is 5.23. The molecule has 1 heterocycles. The van der Waals surface area contributed by atoms with Gasteiger partial charge in [-0.05, 0) is 18.8 Å². The van der Waals surface area contributed by atoms with E-state index >= 15 is 0 Å². The Hall–Kier alpha value is -0.240. The van der Waals surface area contributed by atoms with E-state index in [1.54, 1.807) is 0 Å². The quantitative estimate of drug-likeness (QED) is 0.633. The lowest BCUT2D eigenvalue weighted by molar-refractivity contribution is 0.260. The fraction of sp³-hybridized carbons (Fsp3) is 0.875. The first kappa shape index (κ1) is 12.8. The van der Waals surface area contributed by atoms with Gasteiger partial charge in [0.1, 0.15) is 5.75 Å². The summed E-state index contributed by atoms with van der Waals surface area (Å²) in [6.45, 7) is 1.09. The minimum atomic E-state index is -3.32. The van der Waals surface area contributed by atoms with Gasteiger partial charge in [0.05, 0.1) is 4.99 Å². The van der Waals surface area contributed by atoms with E-state index in [1.807, 2.05) is 0 Å². The molecule has 0 aromatic rings. The zero-order chi connectivity index (χ0) is 11.5. The molecule has 0 bridgehead atoms. The first-order chi connectivity index (χ1) is 6.95. The van der Waals surface area contributed by atoms with Gasteiger partial charge in [0.2, 0.25) is 10.0 Å². The molecule has 0 aromatic carbocycles. The topological polar surface area (TPSA) is 83.6 Å². The molecule has 0 aromatic heterocycles. The third-order valence-corrected chi connectivity index (χ3v) is 4.63. The molecule has 1 rings (SSSR count). The van der Waals surface area contributed by atoms with Gasteiger partial charge in [-0.1, -0.05) is 12.2 Å². The van der Waals surface area contributed by atoms with Gasteiger partial charge >= 0.3 is 0 Å². The molecule has 1 aliphatic rings. The van der Waals surface area contributed by atoms with Crippen LogP contribution in [0.3, 0.4) is 0 Å². The van der Waals surface area contributed by atoms with Crippen molar-refractivity contribution < 1.29 is 13.5 Å². The van der Waals surface area contributed by atoms with Crippen LogP contribution >= 0.6 is 12.2 Å². The molecule has 0 aliphatic carbocycles. The molecule has 15 heavy (non-hydrogen) atoms. The summed E-state index contributed by atoms with van der Waals surface area (Å²) in [6.07, 6.45) is 1.45. The highest BCUT2D eigenvalue weighted by molar-refractivity contribution is 7.92. The predicted molar refractivity (Wildman–Crippen MR) is 62.0 cm³/mol. The highest BCUT2D eigenvalue weighted by Crippen LogP contribution is 2.21. The Morgan fingerprint density at radius 3 is 2.80 bits per heavy atom. The van der Waals surface area contributed by atoms with Crippen LogP contribution in [0.5, 0.6) is 0 Å². The van der Waals surface area contributed by atoms with E-state index in [0.29, 0.717) is 19.5 Å². The molecular weight excluding hydrogens is 236 g/mol. The maximum atomic E-state index is 11.7. The highest BCUT2D eigenvalue weighted by Gasteiger charge is 2.31. The summed E-state index contributed by atoms with van der Waals surface area (Å²) in [7, 11) is -3.32. The number of hydrogen-bond acceptors (Lipinski definition) is 4. The van der Waals surface area contributed by atoms with Crippen LogP contribution in [0.1, 0.15) is 12.8 Å². The Morgan fingerprint density at radius 1 is 1.60 bits per heavy atom. The standard InChI is InChI=1S/C8H16N2O3S2/c9-8(14)6-15(12,13)10-3-1-7(5-10)2-4-11/h7,11H,1-6H2,(H2,9,14). The van der Waals surface area contributed by atoms with Gasteiger partial charge in [0.25, 0.3) is 0 Å². The van der Waals surface area contributed by atoms with E-state index in [9.17, 15) is 8.42 Å². The predicted octanol–water partition coefficient (Wildman–Crippen LogP) is -0.693. The average Bonchev–Trinajstić information content (AvgIpc) is 2.51. The molecular formula is C8H16N2O3S2. The van der Waals surface area contributed by atoms with Gasteiger partial charge in [-0.15, -0.1) is 0 Å². The SMILES string of the molecule is NC(=S)CS(=O)(=O)N1CCC(CCO)C1. The maximum Gasteiger partial charge on any atom is 0.220 e. The fourth-order valence-electron chi connectivity index (χ4n) is 1.74. The summed E-state index contributed by atoms with van der Waals surface area (Å²) in [6, 6.07) is 0. The normalized spacial score (nSPS) is 23.1. The number of aliphatic hydroxyl groups excluding tert-OH is 1. The summed E-state index contributed by atoms with van der Waals surface area (Å²) in [4.78, 5) is 0.000563. The zero-order valence-electron chi connectivity index (χ0n) is 8.42. The van der Waals surface area contributed by atoms with Crippen LogP contribution < -0.4 is 5.73 Å². The smallest absolute Gasteiger partial charge is 0.220 e. The Kier molecular flexibility index (Phi) is 4.45. The van der Waals surface area contributed by atoms with Crippen molar-refractivity contribution in [3.63, 3.8) is 0 Å². The van der Waals surface area contributed by atoms with Gasteiger partial charge < -0.3 is 10.8 Å². The second-order valence-electron chi connectivity index (χ2n) is 3.75. The number of nitrogens with two attached hydrogens (primary N) is 1. The number of thiocarbonyl (C=S) groups is 1. The third-order valence-electron chi connectivity index (χ3n) is 2.50. The molecule has 5 nitrogen and oxygen atoms in total. The minimum Gasteiger partial charge on any atom is -0.396 e. The first-order valence-corrected chi connectivity index (χ1v) is 6.84. The average molecular weight is 252 g/mol. The molecule has 0 radical (unpaired) electrons. The summed E-state index contributed by atoms with van der Waals surface area (Å²) in [5.74, 6) is 0.00452. The summed E-state index contributed by atoms with van der Waals surface area (Å²) >= 11 is 4.59. The molecule has 0 saturated carbocycles. The molecule has 0 amide bonds. The van der Waals surface area contributed by atoms with Crippen LogP contribution in [0, 0.1) is 5.92 Å². The number of hydrogen-bond donors (Lipinski definition) is 2. The number of aliphatic hydroxyl groups is 1. The molecule has 3 N–H and O–H groups in total. The van der Waals surface area contributed by atoms with Crippen LogP contribution in [0.15, 0.2) is 0 Å². The van der Waals surface area contributed by atoms with E-state index < -0.39 is 10.0 Å². The Bertz CT molecular complexity index is 329. The second-order valence-corrected chi connectivity index (χ2v) is 6.24. The Morgan fingerprint density at radius 2 is 2.27 bits per heavy atom. The Balaban J connectivity index is 2.56. The van der Waals surface area contributed by atoms with Gasteiger partial charge in [0, 0.05) is 19.7 Å². The molecule has 88 valence electrons. The monoisotopic (exact) mass is 252 g/mol. The van der Waals surface area contributed by atoms with Crippen molar-refractivity contribution in [3.8, 4) is 0 Å². The lowest BCUT2D eigenvalue weighted by atomic mass is 10.1. The molecule has 1 unspecified atom stereocenters. The van der Waals surface area contributed by atoms with E-state index in [1.165, 1.54) is 4.31 Å². The minimum absolute atomic E-state index is 0.000563. The maximum absolute atomic E-state index is 11.7. The van der Waals surface area contributed by atoms with Crippen molar-refractivity contribution in [2.75, 3.05) is 25.4 Å². The van der Waals surface area contributed by atoms with E-state index in [-0.39, 0.29) is 23.3 Å². The van der Waals surface area contributed by atoms with Crippen molar-refractivity contribution >= 4 is 27.2 Å². The van der Waals surface area contributed by atoms with E-state index in [0.717, 1.165) is 6.42 Å². The van der Waals surface area contributed by atoms with Crippen molar-refractivity contribution in [1.29, 1.82) is 0 Å². The van der Waals surface area contributed by atoms with Crippen molar-refractivity contribution in [2.24, 2.45) is 11.7 Å². The Labute approximate surface area is 95.3 Å². The largest absolute Gasteiger partial charge is 0.396 e. The molecule has 1 saturated heterocycles. The van der Waals surface area contributed by atoms with Crippen molar-refractivity contribution in [2.45, 2.75) is 12.8 Å².